The van der Waals surface area contributed by atoms with E-state index in [1.807, 2.05) is 25.2 Å². The molecule has 0 saturated heterocycles. The molecular weight excluding hydrogens is 250 g/mol. The van der Waals surface area contributed by atoms with Crippen molar-refractivity contribution < 1.29 is 4.74 Å². The lowest BCUT2D eigenvalue weighted by Crippen LogP contribution is -2.14. The van der Waals surface area contributed by atoms with Crippen LogP contribution in [0.4, 0.5) is 5.82 Å². The van der Waals surface area contributed by atoms with E-state index < -0.39 is 0 Å². The maximum absolute atomic E-state index is 9.44. The Bertz CT molecular complexity index is 653. The van der Waals surface area contributed by atoms with E-state index in [1.54, 1.807) is 0 Å². The van der Waals surface area contributed by atoms with Gasteiger partial charge >= 0.3 is 0 Å². The Labute approximate surface area is 118 Å². The van der Waals surface area contributed by atoms with Gasteiger partial charge in [-0.15, -0.1) is 0 Å². The van der Waals surface area contributed by atoms with Crippen molar-refractivity contribution in [3.63, 3.8) is 0 Å². The third-order valence-electron chi connectivity index (χ3n) is 3.75. The molecule has 1 aliphatic heterocycles. The quantitative estimate of drug-likeness (QED) is 0.929. The lowest BCUT2D eigenvalue weighted by Gasteiger charge is -2.17. The Morgan fingerprint density at radius 3 is 2.85 bits per heavy atom. The minimum atomic E-state index is 0.582. The molecule has 0 aliphatic carbocycles. The minimum Gasteiger partial charge on any atom is -0.375 e. The fraction of sp³-hybridized carbons (Fsp3) is 0.312. The molecule has 1 N–H and O–H groups in total. The number of nitriles is 1. The van der Waals surface area contributed by atoms with Crippen LogP contribution in [0.15, 0.2) is 30.3 Å². The molecule has 4 heteroatoms. The van der Waals surface area contributed by atoms with Crippen LogP contribution < -0.4 is 5.32 Å². The van der Waals surface area contributed by atoms with Crippen LogP contribution in [0.25, 0.3) is 0 Å². The molecular formula is C16H17N3O. The van der Waals surface area contributed by atoms with Gasteiger partial charge < -0.3 is 14.6 Å². The molecule has 3 rings (SSSR count). The van der Waals surface area contributed by atoms with Gasteiger partial charge in [-0.05, 0) is 17.5 Å². The van der Waals surface area contributed by atoms with Crippen molar-refractivity contribution in [1.82, 2.24) is 4.57 Å². The molecule has 0 bridgehead atoms. The number of aromatic nitrogens is 1. The highest BCUT2D eigenvalue weighted by molar-refractivity contribution is 5.61. The Hall–Kier alpha value is -2.25. The van der Waals surface area contributed by atoms with Crippen LogP contribution in [0.2, 0.25) is 0 Å². The minimum absolute atomic E-state index is 0.582. The molecule has 0 atom stereocenters. The van der Waals surface area contributed by atoms with Crippen LogP contribution in [0.3, 0.4) is 0 Å². The summed E-state index contributed by atoms with van der Waals surface area (Å²) in [5.41, 5.74) is 4.25. The molecule has 20 heavy (non-hydrogen) atoms. The van der Waals surface area contributed by atoms with E-state index in [0.717, 1.165) is 35.6 Å². The smallest absolute Gasteiger partial charge is 0.124 e. The predicted octanol–water partition coefficient (Wildman–Crippen LogP) is 2.52. The van der Waals surface area contributed by atoms with E-state index in [4.69, 9.17) is 4.74 Å². The monoisotopic (exact) mass is 267 g/mol. The number of ether oxygens (including phenoxy) is 1. The summed E-state index contributed by atoms with van der Waals surface area (Å²) >= 11 is 0. The lowest BCUT2D eigenvalue weighted by molar-refractivity contribution is 0.105. The molecule has 1 aromatic carbocycles. The number of nitrogens with zero attached hydrogens (tertiary/aromatic N) is 2. The molecule has 2 aromatic rings. The highest BCUT2D eigenvalue weighted by atomic mass is 16.5. The summed E-state index contributed by atoms with van der Waals surface area (Å²) in [6.45, 7) is 2.03. The van der Waals surface area contributed by atoms with Crippen molar-refractivity contribution in [3.05, 3.63) is 52.7 Å². The molecule has 2 heterocycles. The van der Waals surface area contributed by atoms with Crippen molar-refractivity contribution in [2.75, 3.05) is 19.0 Å². The summed E-state index contributed by atoms with van der Waals surface area (Å²) in [5.74, 6) is 0.895. The summed E-state index contributed by atoms with van der Waals surface area (Å²) in [6, 6.07) is 12.6. The molecule has 1 aliphatic rings. The van der Waals surface area contributed by atoms with Gasteiger partial charge in [-0.3, -0.25) is 0 Å². The number of hydrogen-bond acceptors (Lipinski definition) is 3. The second-order valence-electron chi connectivity index (χ2n) is 4.88. The fourth-order valence-electron chi connectivity index (χ4n) is 2.82. The summed E-state index contributed by atoms with van der Waals surface area (Å²) in [7, 11) is 1.87. The van der Waals surface area contributed by atoms with Gasteiger partial charge in [0.25, 0.3) is 0 Å². The van der Waals surface area contributed by atoms with Crippen LogP contribution in [-0.4, -0.2) is 18.2 Å². The molecule has 0 saturated carbocycles. The van der Waals surface area contributed by atoms with Gasteiger partial charge in [0.2, 0.25) is 0 Å². The van der Waals surface area contributed by atoms with Crippen LogP contribution in [0, 0.1) is 11.3 Å². The van der Waals surface area contributed by atoms with Crippen LogP contribution in [0.5, 0.6) is 0 Å². The average molecular weight is 267 g/mol. The zero-order valence-electron chi connectivity index (χ0n) is 11.5. The van der Waals surface area contributed by atoms with Gasteiger partial charge in [0.15, 0.2) is 0 Å². The molecule has 4 nitrogen and oxygen atoms in total. The van der Waals surface area contributed by atoms with E-state index in [2.05, 4.69) is 28.1 Å². The Morgan fingerprint density at radius 2 is 2.15 bits per heavy atom. The highest BCUT2D eigenvalue weighted by Gasteiger charge is 2.24. The number of anilines is 1. The largest absolute Gasteiger partial charge is 0.375 e. The highest BCUT2D eigenvalue weighted by Crippen LogP contribution is 2.31. The molecule has 0 spiro atoms. The zero-order chi connectivity index (χ0) is 13.9. The number of nitrogens with one attached hydrogen (secondary N) is 1. The van der Waals surface area contributed by atoms with E-state index in [1.165, 1.54) is 5.56 Å². The summed E-state index contributed by atoms with van der Waals surface area (Å²) in [6.07, 6.45) is 0.814. The molecule has 102 valence electrons. The van der Waals surface area contributed by atoms with Gasteiger partial charge in [0.05, 0.1) is 24.5 Å². The van der Waals surface area contributed by atoms with Crippen molar-refractivity contribution in [2.24, 2.45) is 0 Å². The fourth-order valence-corrected chi connectivity index (χ4v) is 2.82. The summed E-state index contributed by atoms with van der Waals surface area (Å²) < 4.78 is 7.74. The van der Waals surface area contributed by atoms with Crippen molar-refractivity contribution in [3.8, 4) is 6.07 Å². The third-order valence-corrected chi connectivity index (χ3v) is 3.75. The predicted molar refractivity (Wildman–Crippen MR) is 77.6 cm³/mol. The van der Waals surface area contributed by atoms with Crippen LogP contribution in [-0.2, 0) is 24.3 Å². The maximum atomic E-state index is 9.44. The number of rotatable bonds is 3. The lowest BCUT2D eigenvalue weighted by atomic mass is 10.1. The van der Waals surface area contributed by atoms with E-state index in [9.17, 15) is 5.26 Å². The van der Waals surface area contributed by atoms with E-state index in [0.29, 0.717) is 13.2 Å². The second kappa shape index (κ2) is 5.40. The first-order valence-electron chi connectivity index (χ1n) is 6.79. The molecule has 1 aromatic heterocycles. The zero-order valence-corrected chi connectivity index (χ0v) is 11.5. The molecule has 0 amide bonds. The number of hydrogen-bond donors (Lipinski definition) is 1. The van der Waals surface area contributed by atoms with Gasteiger partial charge in [-0.2, -0.15) is 5.26 Å². The topological polar surface area (TPSA) is 50.0 Å². The standard InChI is InChI=1S/C16H17N3O/c1-18-16-14(9-17)13-7-8-20-11-15(13)19(16)10-12-5-3-2-4-6-12/h2-6,18H,7-8,10-11H2,1H3. The van der Waals surface area contributed by atoms with Crippen molar-refractivity contribution >= 4 is 5.82 Å². The Kier molecular flexibility index (Phi) is 3.44. The average Bonchev–Trinajstić information content (AvgIpc) is 2.81. The third kappa shape index (κ3) is 2.06. The van der Waals surface area contributed by atoms with E-state index in [-0.39, 0.29) is 0 Å². The SMILES string of the molecule is CNc1c(C#N)c2c(n1Cc1ccccc1)COCC2. The first-order valence-corrected chi connectivity index (χ1v) is 6.79. The van der Waals surface area contributed by atoms with E-state index >= 15 is 0 Å². The first-order chi connectivity index (χ1) is 9.85. The van der Waals surface area contributed by atoms with Crippen molar-refractivity contribution in [2.45, 2.75) is 19.6 Å². The normalized spacial score (nSPS) is 13.6. The molecule has 0 fully saturated rings. The van der Waals surface area contributed by atoms with Gasteiger partial charge in [-0.25, -0.2) is 0 Å². The summed E-state index contributed by atoms with van der Waals surface area (Å²) in [5, 5.41) is 12.6. The van der Waals surface area contributed by atoms with Gasteiger partial charge in [0, 0.05) is 13.6 Å². The Morgan fingerprint density at radius 1 is 1.35 bits per heavy atom. The molecule has 0 radical (unpaired) electrons. The van der Waals surface area contributed by atoms with Crippen LogP contribution >= 0.6 is 0 Å². The van der Waals surface area contributed by atoms with Crippen LogP contribution in [0.1, 0.15) is 22.4 Å². The second-order valence-corrected chi connectivity index (χ2v) is 4.88. The number of fused-ring (bicyclic) bond motifs is 1. The van der Waals surface area contributed by atoms with Gasteiger partial charge in [-0.1, -0.05) is 30.3 Å². The first kappa shape index (κ1) is 12.8. The number of benzene rings is 1. The maximum Gasteiger partial charge on any atom is 0.124 e. The van der Waals surface area contributed by atoms with Gasteiger partial charge in [0.1, 0.15) is 11.9 Å². The summed E-state index contributed by atoms with van der Waals surface area (Å²) in [4.78, 5) is 0. The van der Waals surface area contributed by atoms with Crippen molar-refractivity contribution in [1.29, 1.82) is 5.26 Å². The molecule has 0 unspecified atom stereocenters. The Balaban J connectivity index is 2.10.